The Morgan fingerprint density at radius 2 is 1.87 bits per heavy atom. The number of hydrogen-bond donors (Lipinski definition) is 0. The summed E-state index contributed by atoms with van der Waals surface area (Å²) in [5.74, 6) is -0.993. The minimum Gasteiger partial charge on any atom is -0.466 e. The molecule has 0 aromatic heterocycles. The topological polar surface area (TPSA) is 76.4 Å². The van der Waals surface area contributed by atoms with E-state index < -0.39 is 5.97 Å². The zero-order chi connectivity index (χ0) is 11.5. The second-order valence-corrected chi connectivity index (χ2v) is 2.88. The fourth-order valence-electron chi connectivity index (χ4n) is 0.766. The van der Waals surface area contributed by atoms with Gasteiger partial charge in [0.15, 0.2) is 0 Å². The van der Waals surface area contributed by atoms with Gasteiger partial charge < -0.3 is 9.47 Å². The first-order valence-corrected chi connectivity index (χ1v) is 4.89. The van der Waals surface area contributed by atoms with E-state index in [2.05, 4.69) is 4.74 Å². The summed E-state index contributed by atoms with van der Waals surface area (Å²) in [6.07, 6.45) is 1.55. The highest BCUT2D eigenvalue weighted by atomic mass is 16.5. The van der Waals surface area contributed by atoms with E-state index in [-0.39, 0.29) is 25.4 Å². The highest BCUT2D eigenvalue weighted by molar-refractivity contribution is 5.73. The molecule has 84 valence electrons. The Labute approximate surface area is 89.0 Å². The van der Waals surface area contributed by atoms with Crippen LogP contribution in [0.4, 0.5) is 0 Å². The number of carbonyl (C=O) groups excluding carboxylic acids is 2. The van der Waals surface area contributed by atoms with Gasteiger partial charge in [-0.05, 0) is 6.42 Å². The van der Waals surface area contributed by atoms with Crippen LogP contribution in [0.3, 0.4) is 0 Å². The maximum atomic E-state index is 11.0. The maximum Gasteiger partial charge on any atom is 0.320 e. The molecule has 0 fully saturated rings. The van der Waals surface area contributed by atoms with Gasteiger partial charge >= 0.3 is 11.9 Å². The second-order valence-electron chi connectivity index (χ2n) is 2.88. The van der Waals surface area contributed by atoms with Crippen LogP contribution in [0, 0.1) is 11.3 Å². The summed E-state index contributed by atoms with van der Waals surface area (Å²) in [4.78, 5) is 21.7. The number of ether oxygens (including phenoxy) is 2. The smallest absolute Gasteiger partial charge is 0.320 e. The molecule has 0 amide bonds. The van der Waals surface area contributed by atoms with Gasteiger partial charge in [0.25, 0.3) is 0 Å². The third-order valence-corrected chi connectivity index (χ3v) is 1.55. The van der Waals surface area contributed by atoms with Gasteiger partial charge in [0.2, 0.25) is 0 Å². The number of esters is 2. The number of nitrogens with zero attached hydrogens (tertiary/aromatic N) is 1. The van der Waals surface area contributed by atoms with E-state index in [1.165, 1.54) is 0 Å². The van der Waals surface area contributed by atoms with Gasteiger partial charge in [-0.2, -0.15) is 5.26 Å². The molecule has 0 atom stereocenters. The van der Waals surface area contributed by atoms with E-state index in [4.69, 9.17) is 10.00 Å². The Hall–Kier alpha value is -1.57. The van der Waals surface area contributed by atoms with Gasteiger partial charge in [-0.3, -0.25) is 9.59 Å². The molecule has 15 heavy (non-hydrogen) atoms. The van der Waals surface area contributed by atoms with E-state index in [0.717, 1.165) is 12.8 Å². The molecule has 5 nitrogen and oxygen atoms in total. The summed E-state index contributed by atoms with van der Waals surface area (Å²) in [7, 11) is 0. The summed E-state index contributed by atoms with van der Waals surface area (Å²) in [5, 5.41) is 8.15. The molecule has 5 heteroatoms. The molecule has 0 heterocycles. The molecule has 0 unspecified atom stereocenters. The average molecular weight is 213 g/mol. The lowest BCUT2D eigenvalue weighted by molar-refractivity contribution is -0.148. The largest absolute Gasteiger partial charge is 0.466 e. The summed E-state index contributed by atoms with van der Waals surface area (Å²) in [6, 6.07) is 1.66. The first kappa shape index (κ1) is 13.4. The van der Waals surface area contributed by atoms with Crippen molar-refractivity contribution >= 4 is 11.9 Å². The molecular weight excluding hydrogens is 198 g/mol. The van der Waals surface area contributed by atoms with Crippen LogP contribution in [-0.2, 0) is 19.1 Å². The Bertz CT molecular complexity index is 244. The van der Waals surface area contributed by atoms with Crippen LogP contribution < -0.4 is 0 Å². The highest BCUT2D eigenvalue weighted by Crippen LogP contribution is 1.93. The first-order valence-electron chi connectivity index (χ1n) is 4.89. The molecule has 0 spiro atoms. The molecule has 0 rings (SSSR count). The predicted octanol–water partition coefficient (Wildman–Crippen LogP) is 1.18. The average Bonchev–Trinajstić information content (AvgIpc) is 2.18. The SMILES string of the molecule is CCCCOC(=O)CCOC(=O)CC#N. The third kappa shape index (κ3) is 8.75. The Morgan fingerprint density at radius 1 is 1.20 bits per heavy atom. The van der Waals surface area contributed by atoms with Gasteiger partial charge in [-0.1, -0.05) is 13.3 Å². The van der Waals surface area contributed by atoms with Crippen molar-refractivity contribution in [2.45, 2.75) is 32.6 Å². The van der Waals surface area contributed by atoms with Gasteiger partial charge in [-0.15, -0.1) is 0 Å². The molecule has 0 aromatic carbocycles. The van der Waals surface area contributed by atoms with Gasteiger partial charge in [-0.25, -0.2) is 0 Å². The normalized spacial score (nSPS) is 9.07. The third-order valence-electron chi connectivity index (χ3n) is 1.55. The highest BCUT2D eigenvalue weighted by Gasteiger charge is 2.05. The zero-order valence-electron chi connectivity index (χ0n) is 8.82. The van der Waals surface area contributed by atoms with Crippen molar-refractivity contribution in [3.05, 3.63) is 0 Å². The summed E-state index contributed by atoms with van der Waals surface area (Å²) in [5.41, 5.74) is 0. The zero-order valence-corrected chi connectivity index (χ0v) is 8.82. The van der Waals surface area contributed by atoms with Crippen molar-refractivity contribution in [1.82, 2.24) is 0 Å². The standard InChI is InChI=1S/C10H15NO4/c1-2-3-7-14-10(13)5-8-15-9(12)4-6-11/h2-5,7-8H2,1H3. The van der Waals surface area contributed by atoms with E-state index in [9.17, 15) is 9.59 Å². The summed E-state index contributed by atoms with van der Waals surface area (Å²) in [6.45, 7) is 2.38. The number of nitriles is 1. The lowest BCUT2D eigenvalue weighted by Gasteiger charge is -2.04. The summed E-state index contributed by atoms with van der Waals surface area (Å²) >= 11 is 0. The predicted molar refractivity (Wildman–Crippen MR) is 51.7 cm³/mol. The van der Waals surface area contributed by atoms with E-state index in [1.807, 2.05) is 6.92 Å². The molecular formula is C10H15NO4. The summed E-state index contributed by atoms with van der Waals surface area (Å²) < 4.78 is 9.43. The minimum atomic E-state index is -0.612. The van der Waals surface area contributed by atoms with Crippen LogP contribution in [0.1, 0.15) is 32.6 Å². The molecule has 0 aliphatic heterocycles. The van der Waals surface area contributed by atoms with Crippen LogP contribution in [0.5, 0.6) is 0 Å². The van der Waals surface area contributed by atoms with Crippen molar-refractivity contribution in [1.29, 1.82) is 5.26 Å². The van der Waals surface area contributed by atoms with Crippen LogP contribution in [-0.4, -0.2) is 25.2 Å². The number of unbranched alkanes of at least 4 members (excludes halogenated alkanes) is 1. The van der Waals surface area contributed by atoms with Crippen LogP contribution in [0.25, 0.3) is 0 Å². The van der Waals surface area contributed by atoms with Gasteiger partial charge in [0.1, 0.15) is 13.0 Å². The fourth-order valence-corrected chi connectivity index (χ4v) is 0.766. The van der Waals surface area contributed by atoms with Crippen LogP contribution >= 0.6 is 0 Å². The molecule has 0 saturated carbocycles. The van der Waals surface area contributed by atoms with E-state index in [0.29, 0.717) is 6.61 Å². The quantitative estimate of drug-likeness (QED) is 0.468. The molecule has 0 aliphatic carbocycles. The molecule has 0 N–H and O–H groups in total. The van der Waals surface area contributed by atoms with Gasteiger partial charge in [0, 0.05) is 0 Å². The van der Waals surface area contributed by atoms with E-state index >= 15 is 0 Å². The van der Waals surface area contributed by atoms with Crippen LogP contribution in [0.2, 0.25) is 0 Å². The lowest BCUT2D eigenvalue weighted by atomic mass is 10.4. The molecule has 0 aromatic rings. The fraction of sp³-hybridized carbons (Fsp3) is 0.700. The number of hydrogen-bond acceptors (Lipinski definition) is 5. The van der Waals surface area contributed by atoms with Crippen molar-refractivity contribution in [2.75, 3.05) is 13.2 Å². The van der Waals surface area contributed by atoms with Crippen LogP contribution in [0.15, 0.2) is 0 Å². The first-order chi connectivity index (χ1) is 7.20. The molecule has 0 saturated heterocycles. The maximum absolute atomic E-state index is 11.0. The Morgan fingerprint density at radius 3 is 2.47 bits per heavy atom. The number of rotatable bonds is 7. The van der Waals surface area contributed by atoms with E-state index in [1.54, 1.807) is 6.07 Å². The molecule has 0 aliphatic rings. The molecule has 0 bridgehead atoms. The van der Waals surface area contributed by atoms with Crippen molar-refractivity contribution < 1.29 is 19.1 Å². The number of carbonyl (C=O) groups is 2. The lowest BCUT2D eigenvalue weighted by Crippen LogP contribution is -2.12. The second kappa shape index (κ2) is 9.00. The van der Waals surface area contributed by atoms with Crippen molar-refractivity contribution in [2.24, 2.45) is 0 Å². The van der Waals surface area contributed by atoms with Gasteiger partial charge in [0.05, 0.1) is 19.1 Å². The Kier molecular flexibility index (Phi) is 8.06. The minimum absolute atomic E-state index is 0.0223. The Balaban J connectivity index is 3.39. The van der Waals surface area contributed by atoms with Crippen molar-refractivity contribution in [3.8, 4) is 6.07 Å². The monoisotopic (exact) mass is 213 g/mol. The molecule has 0 radical (unpaired) electrons. The van der Waals surface area contributed by atoms with Crippen molar-refractivity contribution in [3.63, 3.8) is 0 Å².